The van der Waals surface area contributed by atoms with Gasteiger partial charge in [-0.15, -0.1) is 11.8 Å². The molecule has 2 aliphatic heterocycles. The van der Waals surface area contributed by atoms with E-state index in [1.807, 2.05) is 19.9 Å². The summed E-state index contributed by atoms with van der Waals surface area (Å²) in [5.41, 5.74) is 2.33. The molecule has 2 aliphatic rings. The number of carbonyl (C=O) groups excluding carboxylic acids is 3. The third kappa shape index (κ3) is 3.47. The van der Waals surface area contributed by atoms with Crippen molar-refractivity contribution in [1.82, 2.24) is 4.90 Å². The van der Waals surface area contributed by atoms with Gasteiger partial charge in [-0.05, 0) is 48.6 Å². The molecule has 30 heavy (non-hydrogen) atoms. The van der Waals surface area contributed by atoms with Crippen LogP contribution in [0.3, 0.4) is 0 Å². The van der Waals surface area contributed by atoms with E-state index in [-0.39, 0.29) is 18.1 Å². The first kappa shape index (κ1) is 20.2. The second-order valence-corrected chi connectivity index (χ2v) is 8.26. The van der Waals surface area contributed by atoms with Gasteiger partial charge in [0.15, 0.2) is 0 Å². The first-order valence-corrected chi connectivity index (χ1v) is 10.4. The third-order valence-corrected chi connectivity index (χ3v) is 6.44. The molecule has 8 heteroatoms. The van der Waals surface area contributed by atoms with Gasteiger partial charge in [-0.1, -0.05) is 30.3 Å². The number of nitrogens with one attached hydrogen (secondary N) is 1. The fourth-order valence-corrected chi connectivity index (χ4v) is 4.66. The number of urea groups is 1. The average Bonchev–Trinajstić information content (AvgIpc) is 3.20. The lowest BCUT2D eigenvalue weighted by atomic mass is 10.0. The second kappa shape index (κ2) is 7.95. The van der Waals surface area contributed by atoms with E-state index in [2.05, 4.69) is 5.32 Å². The van der Waals surface area contributed by atoms with Gasteiger partial charge in [0.2, 0.25) is 5.91 Å². The monoisotopic (exact) mass is 425 g/mol. The Labute approximate surface area is 177 Å². The minimum absolute atomic E-state index is 0.0438. The highest BCUT2D eigenvalue weighted by Gasteiger charge is 2.48. The van der Waals surface area contributed by atoms with Crippen LogP contribution in [0.15, 0.2) is 53.9 Å². The van der Waals surface area contributed by atoms with Crippen molar-refractivity contribution in [2.24, 2.45) is 0 Å². The molecule has 0 radical (unpaired) electrons. The number of carbonyl (C=O) groups is 3. The fraction of sp³-hybridized carbons (Fsp3) is 0.227. The van der Waals surface area contributed by atoms with Crippen LogP contribution in [0.4, 0.5) is 20.6 Å². The zero-order chi connectivity index (χ0) is 21.4. The van der Waals surface area contributed by atoms with Gasteiger partial charge >= 0.3 is 6.03 Å². The minimum atomic E-state index is -0.564. The summed E-state index contributed by atoms with van der Waals surface area (Å²) in [6.45, 7) is 3.46. The number of thioether (sulfide) groups is 1. The molecule has 4 amide bonds. The highest BCUT2D eigenvalue weighted by atomic mass is 32.2. The number of para-hydroxylation sites is 1. The van der Waals surface area contributed by atoms with Gasteiger partial charge in [0.25, 0.3) is 5.91 Å². The molecule has 1 N–H and O–H groups in total. The van der Waals surface area contributed by atoms with Gasteiger partial charge in [-0.2, -0.15) is 0 Å². The van der Waals surface area contributed by atoms with Crippen molar-refractivity contribution in [2.75, 3.05) is 16.8 Å². The van der Waals surface area contributed by atoms with E-state index in [1.165, 1.54) is 34.9 Å². The van der Waals surface area contributed by atoms with E-state index < -0.39 is 29.0 Å². The van der Waals surface area contributed by atoms with Crippen molar-refractivity contribution < 1.29 is 18.8 Å². The van der Waals surface area contributed by atoms with E-state index in [4.69, 9.17) is 0 Å². The standard InChI is InChI=1S/C22H20FN3O3S/c1-13-6-5-9-17(14(13)2)26-21(28)20-18(10-11-30-20)25(22(26)29)12-19(27)24-16-8-4-3-7-15(16)23/h3-11,18,20H,12H2,1-2H3,(H,24,27). The van der Waals surface area contributed by atoms with Crippen LogP contribution in [0.2, 0.25) is 0 Å². The number of benzene rings is 2. The zero-order valence-corrected chi connectivity index (χ0v) is 17.3. The normalized spacial score (nSPS) is 20.5. The Morgan fingerprint density at radius 3 is 2.67 bits per heavy atom. The molecule has 4 rings (SSSR count). The molecule has 0 aromatic heterocycles. The number of amides is 4. The van der Waals surface area contributed by atoms with Gasteiger partial charge in [0.05, 0.1) is 17.4 Å². The lowest BCUT2D eigenvalue weighted by molar-refractivity contribution is -0.121. The predicted octanol–water partition coefficient (Wildman–Crippen LogP) is 3.85. The fourth-order valence-electron chi connectivity index (χ4n) is 3.62. The molecular weight excluding hydrogens is 405 g/mol. The molecule has 2 heterocycles. The van der Waals surface area contributed by atoms with Crippen LogP contribution >= 0.6 is 11.8 Å². The Bertz CT molecular complexity index is 1070. The maximum Gasteiger partial charge on any atom is 0.332 e. The molecule has 0 spiro atoms. The van der Waals surface area contributed by atoms with Crippen molar-refractivity contribution in [3.63, 3.8) is 0 Å². The molecule has 0 aliphatic carbocycles. The molecule has 2 atom stereocenters. The molecular formula is C22H20FN3O3S. The summed E-state index contributed by atoms with van der Waals surface area (Å²) in [6, 6.07) is 10.2. The van der Waals surface area contributed by atoms with Crippen LogP contribution in [0, 0.1) is 19.7 Å². The SMILES string of the molecule is Cc1cccc(N2C(=O)C3SC=CC3N(CC(=O)Nc3ccccc3F)C2=O)c1C. The first-order chi connectivity index (χ1) is 14.4. The van der Waals surface area contributed by atoms with E-state index in [0.717, 1.165) is 16.0 Å². The van der Waals surface area contributed by atoms with Crippen molar-refractivity contribution in [1.29, 1.82) is 0 Å². The summed E-state index contributed by atoms with van der Waals surface area (Å²) >= 11 is 1.32. The Kier molecular flexibility index (Phi) is 5.34. The van der Waals surface area contributed by atoms with E-state index in [0.29, 0.717) is 5.69 Å². The van der Waals surface area contributed by atoms with Crippen molar-refractivity contribution in [2.45, 2.75) is 25.1 Å². The van der Waals surface area contributed by atoms with Gasteiger partial charge in [0, 0.05) is 0 Å². The van der Waals surface area contributed by atoms with Crippen LogP contribution in [0.5, 0.6) is 0 Å². The number of imide groups is 1. The summed E-state index contributed by atoms with van der Waals surface area (Å²) in [5, 5.41) is 3.75. The van der Waals surface area contributed by atoms with E-state index in [1.54, 1.807) is 29.7 Å². The second-order valence-electron chi connectivity index (χ2n) is 7.21. The van der Waals surface area contributed by atoms with Crippen LogP contribution in [-0.4, -0.2) is 40.6 Å². The maximum absolute atomic E-state index is 13.9. The number of hydrogen-bond acceptors (Lipinski definition) is 4. The largest absolute Gasteiger partial charge is 0.332 e. The molecule has 0 bridgehead atoms. The molecule has 2 unspecified atom stereocenters. The molecule has 1 fully saturated rings. The topological polar surface area (TPSA) is 69.7 Å². The zero-order valence-electron chi connectivity index (χ0n) is 16.5. The Balaban J connectivity index is 1.63. The third-order valence-electron chi connectivity index (χ3n) is 5.35. The summed E-state index contributed by atoms with van der Waals surface area (Å²) in [4.78, 5) is 41.6. The van der Waals surface area contributed by atoms with Gasteiger partial charge < -0.3 is 10.2 Å². The summed E-state index contributed by atoms with van der Waals surface area (Å²) in [6.07, 6.45) is 1.75. The molecule has 1 saturated heterocycles. The van der Waals surface area contributed by atoms with Crippen molar-refractivity contribution in [3.05, 3.63) is 70.9 Å². The van der Waals surface area contributed by atoms with Gasteiger partial charge in [0.1, 0.15) is 17.6 Å². The van der Waals surface area contributed by atoms with Crippen LogP contribution in [-0.2, 0) is 9.59 Å². The van der Waals surface area contributed by atoms with Crippen LogP contribution < -0.4 is 10.2 Å². The number of hydrogen-bond donors (Lipinski definition) is 1. The molecule has 2 aromatic rings. The van der Waals surface area contributed by atoms with E-state index in [9.17, 15) is 18.8 Å². The van der Waals surface area contributed by atoms with Gasteiger partial charge in [-0.25, -0.2) is 14.1 Å². The molecule has 6 nitrogen and oxygen atoms in total. The first-order valence-electron chi connectivity index (χ1n) is 9.46. The molecule has 0 saturated carbocycles. The number of aryl methyl sites for hydroxylation is 1. The highest BCUT2D eigenvalue weighted by Crippen LogP contribution is 2.37. The minimum Gasteiger partial charge on any atom is -0.322 e. The lowest BCUT2D eigenvalue weighted by Gasteiger charge is -2.41. The predicted molar refractivity (Wildman–Crippen MR) is 115 cm³/mol. The quantitative estimate of drug-likeness (QED) is 0.808. The lowest BCUT2D eigenvalue weighted by Crippen LogP contribution is -2.63. The maximum atomic E-state index is 13.9. The molecule has 2 aromatic carbocycles. The Hall–Kier alpha value is -3.13. The van der Waals surface area contributed by atoms with Crippen LogP contribution in [0.25, 0.3) is 0 Å². The smallest absolute Gasteiger partial charge is 0.322 e. The van der Waals surface area contributed by atoms with E-state index >= 15 is 0 Å². The number of nitrogens with zero attached hydrogens (tertiary/aromatic N) is 2. The molecule has 154 valence electrons. The summed E-state index contributed by atoms with van der Waals surface area (Å²) in [5.74, 6) is -1.40. The number of halogens is 1. The number of rotatable bonds is 4. The average molecular weight is 425 g/mol. The summed E-state index contributed by atoms with van der Waals surface area (Å²) in [7, 11) is 0. The van der Waals surface area contributed by atoms with Crippen molar-refractivity contribution >= 4 is 41.0 Å². The van der Waals surface area contributed by atoms with Crippen molar-refractivity contribution in [3.8, 4) is 0 Å². The highest BCUT2D eigenvalue weighted by molar-refractivity contribution is 8.03. The number of fused-ring (bicyclic) bond motifs is 1. The number of anilines is 2. The van der Waals surface area contributed by atoms with Crippen LogP contribution in [0.1, 0.15) is 11.1 Å². The Morgan fingerprint density at radius 2 is 1.90 bits per heavy atom. The summed E-state index contributed by atoms with van der Waals surface area (Å²) < 4.78 is 13.9. The van der Waals surface area contributed by atoms with Gasteiger partial charge in [-0.3, -0.25) is 9.59 Å². The Morgan fingerprint density at radius 1 is 1.13 bits per heavy atom.